The summed E-state index contributed by atoms with van der Waals surface area (Å²) in [5.41, 5.74) is 0.346. The largest absolute Gasteiger partial charge is 0.477 e. The summed E-state index contributed by atoms with van der Waals surface area (Å²) in [6.45, 7) is 7.24. The van der Waals surface area contributed by atoms with Crippen LogP contribution in [0.1, 0.15) is 48.2 Å². The molecule has 0 radical (unpaired) electrons. The number of carbonyl (C=O) groups is 3. The van der Waals surface area contributed by atoms with E-state index in [-0.39, 0.29) is 28.7 Å². The molecule has 2 aliphatic heterocycles. The highest BCUT2D eigenvalue weighted by Gasteiger charge is 2.32. The third-order valence-electron chi connectivity index (χ3n) is 4.50. The fourth-order valence-corrected chi connectivity index (χ4v) is 3.92. The van der Waals surface area contributed by atoms with Crippen molar-refractivity contribution in [2.75, 3.05) is 25.0 Å². The van der Waals surface area contributed by atoms with Crippen LogP contribution in [0, 0.1) is 17.3 Å². The molecular weight excluding hydrogens is 394 g/mol. The normalized spacial score (nSPS) is 21.3. The maximum absolute atomic E-state index is 12.3. The number of likely N-dealkylation sites (tertiary alicyclic amines) is 1. The van der Waals surface area contributed by atoms with Crippen LogP contribution in [0.3, 0.4) is 0 Å². The van der Waals surface area contributed by atoms with Gasteiger partial charge in [-0.15, -0.1) is 11.3 Å². The lowest BCUT2D eigenvalue weighted by Gasteiger charge is -2.19. The van der Waals surface area contributed by atoms with E-state index < -0.39 is 18.2 Å². The molecule has 9 heteroatoms. The lowest BCUT2D eigenvalue weighted by atomic mass is 9.98. The van der Waals surface area contributed by atoms with Crippen molar-refractivity contribution in [2.45, 2.75) is 45.8 Å². The zero-order valence-corrected chi connectivity index (χ0v) is 17.5. The van der Waals surface area contributed by atoms with Crippen molar-refractivity contribution in [3.63, 3.8) is 0 Å². The number of amides is 2. The van der Waals surface area contributed by atoms with Crippen molar-refractivity contribution in [3.05, 3.63) is 15.8 Å². The minimum absolute atomic E-state index is 0.0815. The highest BCUT2D eigenvalue weighted by molar-refractivity contribution is 7.15. The van der Waals surface area contributed by atoms with Crippen molar-refractivity contribution in [1.82, 2.24) is 10.2 Å². The van der Waals surface area contributed by atoms with Gasteiger partial charge in [-0.1, -0.05) is 11.8 Å². The molecule has 2 fully saturated rings. The van der Waals surface area contributed by atoms with Crippen LogP contribution in [-0.4, -0.2) is 59.8 Å². The Balaban J connectivity index is 1.62. The number of carbonyl (C=O) groups excluding carboxylic acids is 2. The summed E-state index contributed by atoms with van der Waals surface area (Å²) in [4.78, 5) is 37.6. The van der Waals surface area contributed by atoms with Crippen LogP contribution >= 0.6 is 11.3 Å². The SMILES string of the molecule is CC(C)(C)C#Cc1cc(N[C@H]2CCN(C(=O)O[C@@H]3CNC(=O)C3)C2)c(C(=O)O)s1. The molecule has 0 saturated carbocycles. The molecule has 2 aliphatic rings. The van der Waals surface area contributed by atoms with E-state index in [1.165, 1.54) is 0 Å². The molecule has 1 aromatic rings. The van der Waals surface area contributed by atoms with Gasteiger partial charge in [0.05, 0.1) is 23.5 Å². The fraction of sp³-hybridized carbons (Fsp3) is 0.550. The van der Waals surface area contributed by atoms with E-state index in [0.29, 0.717) is 36.6 Å². The summed E-state index contributed by atoms with van der Waals surface area (Å²) in [5, 5.41) is 15.4. The highest BCUT2D eigenvalue weighted by atomic mass is 32.1. The van der Waals surface area contributed by atoms with E-state index in [4.69, 9.17) is 4.74 Å². The fourth-order valence-electron chi connectivity index (χ4n) is 3.11. The molecule has 3 heterocycles. The monoisotopic (exact) mass is 419 g/mol. The maximum atomic E-state index is 12.3. The zero-order chi connectivity index (χ0) is 21.2. The van der Waals surface area contributed by atoms with Crippen molar-refractivity contribution < 1.29 is 24.2 Å². The Kier molecular flexibility index (Phi) is 6.03. The lowest BCUT2D eigenvalue weighted by Crippen LogP contribution is -2.35. The molecular formula is C20H25N3O5S. The second-order valence-corrected chi connectivity index (χ2v) is 9.30. The molecule has 0 bridgehead atoms. The number of carboxylic acids is 1. The highest BCUT2D eigenvalue weighted by Crippen LogP contribution is 2.29. The molecule has 0 unspecified atom stereocenters. The van der Waals surface area contributed by atoms with Gasteiger partial charge in [0.2, 0.25) is 5.91 Å². The van der Waals surface area contributed by atoms with Crippen LogP contribution in [0.4, 0.5) is 10.5 Å². The van der Waals surface area contributed by atoms with Crippen LogP contribution in [-0.2, 0) is 9.53 Å². The third kappa shape index (κ3) is 5.64. The molecule has 0 spiro atoms. The smallest absolute Gasteiger partial charge is 0.410 e. The zero-order valence-electron chi connectivity index (χ0n) is 16.7. The molecule has 0 aromatic carbocycles. The molecule has 2 saturated heterocycles. The second-order valence-electron chi connectivity index (χ2n) is 8.25. The van der Waals surface area contributed by atoms with Gasteiger partial charge in [0.15, 0.2) is 0 Å². The molecule has 156 valence electrons. The Hall–Kier alpha value is -2.73. The average molecular weight is 420 g/mol. The van der Waals surface area contributed by atoms with Crippen LogP contribution in [0.5, 0.6) is 0 Å². The summed E-state index contributed by atoms with van der Waals surface area (Å²) in [7, 11) is 0. The predicted octanol–water partition coefficient (Wildman–Crippen LogP) is 2.36. The number of nitrogens with zero attached hydrogens (tertiary/aromatic N) is 1. The van der Waals surface area contributed by atoms with E-state index in [0.717, 1.165) is 11.3 Å². The first-order valence-corrected chi connectivity index (χ1v) is 10.3. The van der Waals surface area contributed by atoms with Gasteiger partial charge in [0, 0.05) is 24.5 Å². The summed E-state index contributed by atoms with van der Waals surface area (Å²) >= 11 is 1.14. The Labute approximate surface area is 173 Å². The van der Waals surface area contributed by atoms with Gasteiger partial charge in [-0.25, -0.2) is 9.59 Å². The number of ether oxygens (including phenoxy) is 1. The molecule has 2 atom stereocenters. The van der Waals surface area contributed by atoms with Gasteiger partial charge in [0.1, 0.15) is 11.0 Å². The van der Waals surface area contributed by atoms with Gasteiger partial charge in [0.25, 0.3) is 0 Å². The minimum Gasteiger partial charge on any atom is -0.477 e. The number of nitrogens with one attached hydrogen (secondary N) is 2. The quantitative estimate of drug-likeness (QED) is 0.647. The first kappa shape index (κ1) is 21.0. The number of hydrogen-bond donors (Lipinski definition) is 3. The summed E-state index contributed by atoms with van der Waals surface area (Å²) < 4.78 is 5.36. The molecule has 1 aromatic heterocycles. The van der Waals surface area contributed by atoms with Crippen LogP contribution in [0.25, 0.3) is 0 Å². The Morgan fingerprint density at radius 3 is 2.79 bits per heavy atom. The summed E-state index contributed by atoms with van der Waals surface area (Å²) in [6, 6.07) is 1.67. The molecule has 8 nitrogen and oxygen atoms in total. The maximum Gasteiger partial charge on any atom is 0.410 e. The number of carboxylic acid groups (broad SMARTS) is 1. The van der Waals surface area contributed by atoms with E-state index in [1.54, 1.807) is 11.0 Å². The molecule has 2 amide bonds. The standard InChI is InChI=1S/C20H25N3O5S/c1-20(2,3)6-4-14-9-15(17(29-14)18(25)26)22-12-5-7-23(11-12)19(27)28-13-8-16(24)21-10-13/h9,12-13,22H,5,7-8,10-11H2,1-3H3,(H,21,24)(H,25,26)/t12-,13-/m0/s1. The number of hydrogen-bond acceptors (Lipinski definition) is 6. The molecule has 3 N–H and O–H groups in total. The topological polar surface area (TPSA) is 108 Å². The van der Waals surface area contributed by atoms with Crippen molar-refractivity contribution in [2.24, 2.45) is 5.41 Å². The second kappa shape index (κ2) is 8.33. The van der Waals surface area contributed by atoms with Crippen LogP contribution < -0.4 is 10.6 Å². The van der Waals surface area contributed by atoms with Crippen molar-refractivity contribution in [1.29, 1.82) is 0 Å². The number of thiophene rings is 1. The van der Waals surface area contributed by atoms with Gasteiger partial charge in [-0.05, 0) is 33.3 Å². The van der Waals surface area contributed by atoms with E-state index in [9.17, 15) is 19.5 Å². The van der Waals surface area contributed by atoms with Crippen molar-refractivity contribution in [3.8, 4) is 11.8 Å². The number of rotatable bonds is 4. The lowest BCUT2D eigenvalue weighted by molar-refractivity contribution is -0.119. The predicted molar refractivity (Wildman–Crippen MR) is 109 cm³/mol. The van der Waals surface area contributed by atoms with Gasteiger partial charge < -0.3 is 25.4 Å². The van der Waals surface area contributed by atoms with Crippen molar-refractivity contribution >= 4 is 35.0 Å². The Bertz CT molecular complexity index is 877. The van der Waals surface area contributed by atoms with Gasteiger partial charge >= 0.3 is 12.1 Å². The number of aromatic carboxylic acids is 1. The minimum atomic E-state index is -1.01. The Morgan fingerprint density at radius 2 is 2.17 bits per heavy atom. The van der Waals surface area contributed by atoms with Crippen LogP contribution in [0.2, 0.25) is 0 Å². The Morgan fingerprint density at radius 1 is 1.41 bits per heavy atom. The van der Waals surface area contributed by atoms with Gasteiger partial charge in [-0.3, -0.25) is 4.79 Å². The number of anilines is 1. The molecule has 0 aliphatic carbocycles. The van der Waals surface area contributed by atoms with E-state index >= 15 is 0 Å². The summed E-state index contributed by atoms with van der Waals surface area (Å²) in [5.74, 6) is 5.03. The first-order valence-electron chi connectivity index (χ1n) is 9.50. The van der Waals surface area contributed by atoms with Crippen LogP contribution in [0.15, 0.2) is 6.07 Å². The first-order chi connectivity index (χ1) is 13.6. The summed E-state index contributed by atoms with van der Waals surface area (Å²) in [6.07, 6.45) is -0.0106. The van der Waals surface area contributed by atoms with Gasteiger partial charge in [-0.2, -0.15) is 0 Å². The molecule has 29 heavy (non-hydrogen) atoms. The molecule has 3 rings (SSSR count). The third-order valence-corrected chi connectivity index (χ3v) is 5.54. The average Bonchev–Trinajstić information content (AvgIpc) is 3.33. The van der Waals surface area contributed by atoms with E-state index in [1.807, 2.05) is 20.8 Å². The van der Waals surface area contributed by atoms with E-state index in [2.05, 4.69) is 22.5 Å².